The van der Waals surface area contributed by atoms with Crippen molar-refractivity contribution in [3.63, 3.8) is 0 Å². The van der Waals surface area contributed by atoms with Crippen LogP contribution in [-0.2, 0) is 9.53 Å². The third kappa shape index (κ3) is 4.93. The van der Waals surface area contributed by atoms with Gasteiger partial charge in [0.1, 0.15) is 11.3 Å². The molecule has 0 bridgehead atoms. The number of benzene rings is 3. The van der Waals surface area contributed by atoms with Crippen molar-refractivity contribution in [2.45, 2.75) is 6.92 Å². The van der Waals surface area contributed by atoms with Gasteiger partial charge in [-0.1, -0.05) is 36.4 Å². The number of cyclic esters (lactones) is 1. The minimum Gasteiger partial charge on any atom is -0.496 e. The maximum Gasteiger partial charge on any atom is 0.363 e. The molecule has 4 rings (SSSR count). The van der Waals surface area contributed by atoms with Gasteiger partial charge in [0.15, 0.2) is 17.2 Å². The van der Waals surface area contributed by atoms with E-state index in [2.05, 4.69) is 4.99 Å². The zero-order chi connectivity index (χ0) is 23.2. The third-order valence-electron chi connectivity index (χ3n) is 4.74. The first-order valence-electron chi connectivity index (χ1n) is 10.3. The van der Waals surface area contributed by atoms with E-state index in [0.717, 1.165) is 0 Å². The van der Waals surface area contributed by atoms with Gasteiger partial charge < -0.3 is 18.9 Å². The van der Waals surface area contributed by atoms with Gasteiger partial charge in [0, 0.05) is 5.56 Å². The highest BCUT2D eigenvalue weighted by atomic mass is 16.6. The fraction of sp³-hybridized carbons (Fsp3) is 0.115. The molecule has 0 saturated carbocycles. The summed E-state index contributed by atoms with van der Waals surface area (Å²) in [6.07, 6.45) is 1.59. The largest absolute Gasteiger partial charge is 0.496 e. The van der Waals surface area contributed by atoms with E-state index in [4.69, 9.17) is 18.9 Å². The second kappa shape index (κ2) is 9.82. The fourth-order valence-electron chi connectivity index (χ4n) is 3.21. The molecule has 1 aliphatic heterocycles. The zero-order valence-electron chi connectivity index (χ0n) is 18.1. The molecule has 3 aromatic carbocycles. The number of aliphatic imine (C=N–C) groups is 1. The van der Waals surface area contributed by atoms with E-state index in [1.807, 2.05) is 37.3 Å². The van der Waals surface area contributed by atoms with Crippen LogP contribution in [0.4, 0.5) is 0 Å². The quantitative estimate of drug-likeness (QED) is 0.300. The summed E-state index contributed by atoms with van der Waals surface area (Å²) in [5.41, 5.74) is 1.81. The fourth-order valence-corrected chi connectivity index (χ4v) is 3.21. The summed E-state index contributed by atoms with van der Waals surface area (Å²) in [6.45, 7) is 2.18. The highest BCUT2D eigenvalue weighted by Crippen LogP contribution is 2.31. The number of carbonyl (C=O) groups is 2. The van der Waals surface area contributed by atoms with Crippen LogP contribution in [0.3, 0.4) is 0 Å². The molecule has 1 heterocycles. The molecule has 0 radical (unpaired) electrons. The Balaban J connectivity index is 1.60. The van der Waals surface area contributed by atoms with Gasteiger partial charge in [-0.3, -0.25) is 0 Å². The minimum atomic E-state index is -0.573. The molecule has 166 valence electrons. The average molecular weight is 443 g/mol. The molecule has 3 aromatic rings. The Hall–Kier alpha value is -4.39. The van der Waals surface area contributed by atoms with E-state index in [9.17, 15) is 9.59 Å². The first kappa shape index (κ1) is 21.8. The van der Waals surface area contributed by atoms with Gasteiger partial charge >= 0.3 is 11.9 Å². The van der Waals surface area contributed by atoms with E-state index in [1.54, 1.807) is 48.5 Å². The van der Waals surface area contributed by atoms with Crippen LogP contribution < -0.4 is 14.2 Å². The number of esters is 2. The van der Waals surface area contributed by atoms with E-state index in [1.165, 1.54) is 7.11 Å². The minimum absolute atomic E-state index is 0.162. The lowest BCUT2D eigenvalue weighted by Gasteiger charge is -2.12. The van der Waals surface area contributed by atoms with Gasteiger partial charge in [-0.25, -0.2) is 14.6 Å². The van der Waals surface area contributed by atoms with Crippen molar-refractivity contribution in [2.24, 2.45) is 4.99 Å². The number of hydrogen-bond acceptors (Lipinski definition) is 7. The van der Waals surface area contributed by atoms with Crippen LogP contribution >= 0.6 is 0 Å². The average Bonchev–Trinajstić information content (AvgIpc) is 3.21. The molecule has 7 heteroatoms. The highest BCUT2D eigenvalue weighted by Gasteiger charge is 2.24. The summed E-state index contributed by atoms with van der Waals surface area (Å²) < 4.78 is 21.7. The first-order valence-corrected chi connectivity index (χ1v) is 10.3. The molecule has 0 N–H and O–H groups in total. The molecule has 0 spiro atoms. The maximum atomic E-state index is 12.7. The lowest BCUT2D eigenvalue weighted by molar-refractivity contribution is -0.129. The molecule has 0 unspecified atom stereocenters. The Kier molecular flexibility index (Phi) is 6.50. The van der Waals surface area contributed by atoms with Crippen molar-refractivity contribution in [1.29, 1.82) is 0 Å². The smallest absolute Gasteiger partial charge is 0.363 e. The molecular weight excluding hydrogens is 422 g/mol. The Labute approximate surface area is 190 Å². The van der Waals surface area contributed by atoms with Crippen LogP contribution in [-0.4, -0.2) is 31.6 Å². The van der Waals surface area contributed by atoms with Crippen LogP contribution in [0.5, 0.6) is 17.2 Å². The molecule has 7 nitrogen and oxygen atoms in total. The van der Waals surface area contributed by atoms with Crippen molar-refractivity contribution in [2.75, 3.05) is 13.7 Å². The summed E-state index contributed by atoms with van der Waals surface area (Å²) >= 11 is 0. The molecular formula is C26H21NO6. The van der Waals surface area contributed by atoms with Crippen molar-refractivity contribution in [1.82, 2.24) is 0 Å². The second-order valence-electron chi connectivity index (χ2n) is 6.93. The summed E-state index contributed by atoms with van der Waals surface area (Å²) in [7, 11) is 1.49. The lowest BCUT2D eigenvalue weighted by Crippen LogP contribution is -2.11. The van der Waals surface area contributed by atoms with Gasteiger partial charge in [0.25, 0.3) is 0 Å². The predicted octanol–water partition coefficient (Wildman–Crippen LogP) is 4.66. The van der Waals surface area contributed by atoms with Gasteiger partial charge in [-0.2, -0.15) is 0 Å². The molecule has 0 aromatic heterocycles. The highest BCUT2D eigenvalue weighted by molar-refractivity contribution is 6.12. The number of para-hydroxylation sites is 1. The normalized spacial score (nSPS) is 13.9. The molecule has 0 amide bonds. The predicted molar refractivity (Wildman–Crippen MR) is 123 cm³/mol. The van der Waals surface area contributed by atoms with Crippen molar-refractivity contribution >= 4 is 23.9 Å². The Morgan fingerprint density at radius 2 is 1.73 bits per heavy atom. The Bertz CT molecular complexity index is 1250. The standard InChI is InChI=1S/C26H21NO6/c1-3-31-23-16-17(15-20-26(29)33-24(27-20)18-9-5-4-6-10-18)13-14-22(23)32-25(28)19-11-7-8-12-21(19)30-2/h4-16H,3H2,1-2H3/b20-15+. The van der Waals surface area contributed by atoms with E-state index in [0.29, 0.717) is 34.8 Å². The van der Waals surface area contributed by atoms with Crippen molar-refractivity contribution in [3.8, 4) is 17.2 Å². The zero-order valence-corrected chi connectivity index (χ0v) is 18.1. The monoisotopic (exact) mass is 443 g/mol. The van der Waals surface area contributed by atoms with Crippen LogP contribution in [0, 0.1) is 0 Å². The Morgan fingerprint density at radius 3 is 2.48 bits per heavy atom. The summed E-state index contributed by atoms with van der Waals surface area (Å²) in [5, 5.41) is 0. The molecule has 33 heavy (non-hydrogen) atoms. The van der Waals surface area contributed by atoms with Crippen LogP contribution in [0.2, 0.25) is 0 Å². The van der Waals surface area contributed by atoms with Gasteiger partial charge in [-0.05, 0) is 55.0 Å². The topological polar surface area (TPSA) is 83.4 Å². The van der Waals surface area contributed by atoms with Crippen LogP contribution in [0.1, 0.15) is 28.4 Å². The molecule has 0 atom stereocenters. The van der Waals surface area contributed by atoms with E-state index in [-0.39, 0.29) is 17.3 Å². The Morgan fingerprint density at radius 1 is 0.970 bits per heavy atom. The number of nitrogens with zero attached hydrogens (tertiary/aromatic N) is 1. The number of rotatable bonds is 7. The van der Waals surface area contributed by atoms with Crippen LogP contribution in [0.15, 0.2) is 83.5 Å². The number of methoxy groups -OCH3 is 1. The molecule has 0 saturated heterocycles. The number of ether oxygens (including phenoxy) is 4. The number of carbonyl (C=O) groups excluding carboxylic acids is 2. The second-order valence-corrected chi connectivity index (χ2v) is 6.93. The number of hydrogen-bond donors (Lipinski definition) is 0. The van der Waals surface area contributed by atoms with Crippen molar-refractivity contribution in [3.05, 3.63) is 95.2 Å². The third-order valence-corrected chi connectivity index (χ3v) is 4.74. The molecule has 0 aliphatic carbocycles. The summed E-state index contributed by atoms with van der Waals surface area (Å²) in [4.78, 5) is 29.3. The maximum absolute atomic E-state index is 12.7. The SMILES string of the molecule is CCOc1cc(/C=C2/N=C(c3ccccc3)OC2=O)ccc1OC(=O)c1ccccc1OC. The summed E-state index contributed by atoms with van der Waals surface area (Å²) in [6, 6.07) is 20.9. The summed E-state index contributed by atoms with van der Waals surface area (Å²) in [5.74, 6) is 0.147. The molecule has 0 fully saturated rings. The van der Waals surface area contributed by atoms with Crippen molar-refractivity contribution < 1.29 is 28.5 Å². The van der Waals surface area contributed by atoms with Gasteiger partial charge in [0.2, 0.25) is 5.90 Å². The lowest BCUT2D eigenvalue weighted by atomic mass is 10.1. The van der Waals surface area contributed by atoms with Gasteiger partial charge in [0.05, 0.1) is 13.7 Å². The van der Waals surface area contributed by atoms with Crippen LogP contribution in [0.25, 0.3) is 6.08 Å². The van der Waals surface area contributed by atoms with E-state index >= 15 is 0 Å². The molecule has 1 aliphatic rings. The first-order chi connectivity index (χ1) is 16.1. The van der Waals surface area contributed by atoms with Gasteiger partial charge in [-0.15, -0.1) is 0 Å². The van der Waals surface area contributed by atoms with E-state index < -0.39 is 11.9 Å².